The second-order valence-electron chi connectivity index (χ2n) is 6.48. The summed E-state index contributed by atoms with van der Waals surface area (Å²) in [6, 6.07) is 15.5. The quantitative estimate of drug-likeness (QED) is 0.516. The summed E-state index contributed by atoms with van der Waals surface area (Å²) in [5, 5.41) is 5.67. The van der Waals surface area contributed by atoms with Crippen LogP contribution in [0.1, 0.15) is 22.3 Å². The molecule has 1 unspecified atom stereocenters. The van der Waals surface area contributed by atoms with E-state index in [0.29, 0.717) is 30.2 Å². The van der Waals surface area contributed by atoms with Crippen LogP contribution in [0.4, 0.5) is 0 Å². The lowest BCUT2D eigenvalue weighted by molar-refractivity contribution is -0.150. The standard InChI is InChI=1S/C22H25ClN2O4S/c1-30-14-12-19(25-21(27)17-9-5-6-10-18(17)23)22(28)29-15-20(26)24-13-11-16-7-3-2-4-8-16/h2-10,19H,11-15H2,1H3,(H,24,26)(H,25,27). The van der Waals surface area contributed by atoms with E-state index in [1.165, 1.54) is 0 Å². The SMILES string of the molecule is CSCCC(NC(=O)c1ccccc1Cl)C(=O)OCC(=O)NCCc1ccccc1. The lowest BCUT2D eigenvalue weighted by Crippen LogP contribution is -2.43. The Kier molecular flexibility index (Phi) is 10.2. The Bertz CT molecular complexity index is 848. The van der Waals surface area contributed by atoms with Crippen molar-refractivity contribution < 1.29 is 19.1 Å². The van der Waals surface area contributed by atoms with Crippen molar-refractivity contribution in [3.8, 4) is 0 Å². The summed E-state index contributed by atoms with van der Waals surface area (Å²) in [5.74, 6) is -0.856. The van der Waals surface area contributed by atoms with Gasteiger partial charge in [0, 0.05) is 6.54 Å². The molecule has 0 heterocycles. The molecule has 0 fully saturated rings. The largest absolute Gasteiger partial charge is 0.454 e. The lowest BCUT2D eigenvalue weighted by atomic mass is 10.1. The van der Waals surface area contributed by atoms with Crippen LogP contribution >= 0.6 is 23.4 Å². The summed E-state index contributed by atoms with van der Waals surface area (Å²) in [7, 11) is 0. The number of benzene rings is 2. The number of hydrogen-bond acceptors (Lipinski definition) is 5. The van der Waals surface area contributed by atoms with Gasteiger partial charge < -0.3 is 15.4 Å². The van der Waals surface area contributed by atoms with Gasteiger partial charge in [-0.3, -0.25) is 9.59 Å². The van der Waals surface area contributed by atoms with Gasteiger partial charge in [0.05, 0.1) is 10.6 Å². The summed E-state index contributed by atoms with van der Waals surface area (Å²) in [5.41, 5.74) is 1.38. The highest BCUT2D eigenvalue weighted by Gasteiger charge is 2.24. The predicted octanol–water partition coefficient (Wildman–Crippen LogP) is 3.09. The maximum absolute atomic E-state index is 12.5. The molecule has 0 spiro atoms. The monoisotopic (exact) mass is 448 g/mol. The fraction of sp³-hybridized carbons (Fsp3) is 0.318. The molecule has 0 saturated heterocycles. The number of carbonyl (C=O) groups excluding carboxylic acids is 3. The molecule has 0 bridgehead atoms. The van der Waals surface area contributed by atoms with Crippen LogP contribution in [-0.4, -0.2) is 49.0 Å². The molecule has 1 atom stereocenters. The fourth-order valence-corrected chi connectivity index (χ4v) is 3.34. The summed E-state index contributed by atoms with van der Waals surface area (Å²) >= 11 is 7.59. The number of esters is 1. The van der Waals surface area contributed by atoms with E-state index in [1.807, 2.05) is 36.6 Å². The van der Waals surface area contributed by atoms with Crippen molar-refractivity contribution in [1.82, 2.24) is 10.6 Å². The molecule has 6 nitrogen and oxygen atoms in total. The van der Waals surface area contributed by atoms with Crippen molar-refractivity contribution in [2.75, 3.05) is 25.2 Å². The molecule has 0 aliphatic carbocycles. The number of rotatable bonds is 11. The zero-order valence-electron chi connectivity index (χ0n) is 16.7. The molecule has 0 aliphatic rings. The zero-order chi connectivity index (χ0) is 21.8. The number of thioether (sulfide) groups is 1. The Balaban J connectivity index is 1.82. The highest BCUT2D eigenvalue weighted by atomic mass is 35.5. The van der Waals surface area contributed by atoms with E-state index in [2.05, 4.69) is 10.6 Å². The minimum absolute atomic E-state index is 0.278. The van der Waals surface area contributed by atoms with Gasteiger partial charge >= 0.3 is 5.97 Å². The molecule has 0 aliphatic heterocycles. The molecule has 2 N–H and O–H groups in total. The van der Waals surface area contributed by atoms with Crippen molar-refractivity contribution in [2.45, 2.75) is 18.9 Å². The molecule has 2 amide bonds. The Morgan fingerprint density at radius 1 is 1.07 bits per heavy atom. The first-order valence-corrected chi connectivity index (χ1v) is 11.3. The van der Waals surface area contributed by atoms with Crippen LogP contribution in [0.25, 0.3) is 0 Å². The van der Waals surface area contributed by atoms with Gasteiger partial charge in [0.15, 0.2) is 6.61 Å². The van der Waals surface area contributed by atoms with Crippen LogP contribution in [0.5, 0.6) is 0 Å². The van der Waals surface area contributed by atoms with E-state index >= 15 is 0 Å². The van der Waals surface area contributed by atoms with E-state index in [-0.39, 0.29) is 11.5 Å². The first-order chi connectivity index (χ1) is 14.5. The number of hydrogen-bond donors (Lipinski definition) is 2. The minimum Gasteiger partial charge on any atom is -0.454 e. The minimum atomic E-state index is -0.863. The van der Waals surface area contributed by atoms with Crippen LogP contribution in [-0.2, 0) is 20.7 Å². The normalized spacial score (nSPS) is 11.4. The number of halogens is 1. The Morgan fingerprint density at radius 2 is 1.77 bits per heavy atom. The van der Waals surface area contributed by atoms with Gasteiger partial charge in [-0.2, -0.15) is 11.8 Å². The van der Waals surface area contributed by atoms with E-state index in [1.54, 1.807) is 36.0 Å². The average Bonchev–Trinajstić information content (AvgIpc) is 2.75. The molecule has 160 valence electrons. The first-order valence-electron chi connectivity index (χ1n) is 9.53. The van der Waals surface area contributed by atoms with Crippen LogP contribution < -0.4 is 10.6 Å². The molecule has 30 heavy (non-hydrogen) atoms. The Labute approximate surface area is 185 Å². The number of ether oxygens (including phenoxy) is 1. The van der Waals surface area contributed by atoms with Crippen molar-refractivity contribution in [3.05, 3.63) is 70.7 Å². The molecule has 8 heteroatoms. The Morgan fingerprint density at radius 3 is 2.47 bits per heavy atom. The summed E-state index contributed by atoms with van der Waals surface area (Å²) in [6.45, 7) is 0.0465. The van der Waals surface area contributed by atoms with Gasteiger partial charge in [0.25, 0.3) is 11.8 Å². The highest BCUT2D eigenvalue weighted by Crippen LogP contribution is 2.15. The van der Waals surface area contributed by atoms with Gasteiger partial charge in [0.2, 0.25) is 0 Å². The number of carbonyl (C=O) groups is 3. The third-order valence-corrected chi connectivity index (χ3v) is 5.22. The van der Waals surface area contributed by atoms with Gasteiger partial charge in [-0.25, -0.2) is 4.79 Å². The third-order valence-electron chi connectivity index (χ3n) is 4.24. The summed E-state index contributed by atoms with van der Waals surface area (Å²) in [4.78, 5) is 36.9. The van der Waals surface area contributed by atoms with E-state index in [4.69, 9.17) is 16.3 Å². The van der Waals surface area contributed by atoms with Crippen molar-refractivity contribution >= 4 is 41.1 Å². The molecule has 2 aromatic rings. The van der Waals surface area contributed by atoms with Crippen LogP contribution in [0.15, 0.2) is 54.6 Å². The molecule has 0 radical (unpaired) electrons. The summed E-state index contributed by atoms with van der Waals surface area (Å²) < 4.78 is 5.12. The average molecular weight is 449 g/mol. The molecule has 0 aromatic heterocycles. The third kappa shape index (κ3) is 8.08. The van der Waals surface area contributed by atoms with Crippen LogP contribution in [0.3, 0.4) is 0 Å². The topological polar surface area (TPSA) is 84.5 Å². The van der Waals surface area contributed by atoms with Crippen molar-refractivity contribution in [2.24, 2.45) is 0 Å². The van der Waals surface area contributed by atoms with Gasteiger partial charge in [0.1, 0.15) is 6.04 Å². The Hall–Kier alpha value is -2.51. The number of nitrogens with one attached hydrogen (secondary N) is 2. The molecule has 0 saturated carbocycles. The predicted molar refractivity (Wildman–Crippen MR) is 120 cm³/mol. The van der Waals surface area contributed by atoms with Crippen LogP contribution in [0, 0.1) is 0 Å². The maximum Gasteiger partial charge on any atom is 0.329 e. The lowest BCUT2D eigenvalue weighted by Gasteiger charge is -2.17. The van der Waals surface area contributed by atoms with Crippen LogP contribution in [0.2, 0.25) is 5.02 Å². The zero-order valence-corrected chi connectivity index (χ0v) is 18.3. The smallest absolute Gasteiger partial charge is 0.329 e. The first kappa shape index (κ1) is 23.8. The number of amides is 2. The highest BCUT2D eigenvalue weighted by molar-refractivity contribution is 7.98. The second kappa shape index (κ2) is 12.9. The molecule has 2 aromatic carbocycles. The van der Waals surface area contributed by atoms with Crippen molar-refractivity contribution in [3.63, 3.8) is 0 Å². The van der Waals surface area contributed by atoms with E-state index < -0.39 is 24.5 Å². The van der Waals surface area contributed by atoms with Crippen molar-refractivity contribution in [1.29, 1.82) is 0 Å². The van der Waals surface area contributed by atoms with Gasteiger partial charge in [-0.1, -0.05) is 54.1 Å². The molecule has 2 rings (SSSR count). The van der Waals surface area contributed by atoms with E-state index in [0.717, 1.165) is 5.56 Å². The second-order valence-corrected chi connectivity index (χ2v) is 7.87. The molecular formula is C22H25ClN2O4S. The fourth-order valence-electron chi connectivity index (χ4n) is 2.65. The summed E-state index contributed by atoms with van der Waals surface area (Å²) in [6.07, 6.45) is 2.97. The maximum atomic E-state index is 12.5. The van der Waals surface area contributed by atoms with Gasteiger partial charge in [-0.15, -0.1) is 0 Å². The van der Waals surface area contributed by atoms with E-state index in [9.17, 15) is 14.4 Å². The molecular weight excluding hydrogens is 424 g/mol. The van der Waals surface area contributed by atoms with Gasteiger partial charge in [-0.05, 0) is 42.5 Å².